The molecule has 0 radical (unpaired) electrons. The first-order valence-corrected chi connectivity index (χ1v) is 4.28. The fraction of sp³-hybridized carbons (Fsp3) is 0.778. The van der Waals surface area contributed by atoms with Gasteiger partial charge in [-0.25, -0.2) is 13.2 Å². The van der Waals surface area contributed by atoms with Gasteiger partial charge in [-0.1, -0.05) is 5.57 Å². The minimum absolute atomic E-state index is 0.0391. The van der Waals surface area contributed by atoms with Crippen molar-refractivity contribution in [3.05, 3.63) is 11.1 Å². The van der Waals surface area contributed by atoms with E-state index in [2.05, 4.69) is 0 Å². The van der Waals surface area contributed by atoms with Crippen molar-refractivity contribution in [2.45, 2.75) is 45.2 Å². The lowest BCUT2D eigenvalue weighted by molar-refractivity contribution is -0.280. The Bertz CT molecular complexity index is 276. The summed E-state index contributed by atoms with van der Waals surface area (Å²) in [6.45, 7) is 3.30. The van der Waals surface area contributed by atoms with Crippen molar-refractivity contribution in [3.63, 3.8) is 0 Å². The third kappa shape index (κ3) is 2.49. The Morgan fingerprint density at radius 2 is 1.19 bits per heavy atom. The van der Waals surface area contributed by atoms with Crippen molar-refractivity contribution in [1.82, 2.24) is 0 Å². The molecule has 96 valence electrons. The number of hydrogen-bond acceptors (Lipinski definition) is 0. The predicted octanol–water partition coefficient (Wildman–Crippen LogP) is 4.22. The molecule has 7 heteroatoms. The van der Waals surface area contributed by atoms with Crippen LogP contribution in [0.15, 0.2) is 11.1 Å². The molecule has 0 aliphatic heterocycles. The van der Waals surface area contributed by atoms with Gasteiger partial charge in [0.15, 0.2) is 6.17 Å². The summed E-state index contributed by atoms with van der Waals surface area (Å²) in [7, 11) is 0. The average Bonchev–Trinajstić information content (AvgIpc) is 2.14. The van der Waals surface area contributed by atoms with E-state index in [0.29, 0.717) is 0 Å². The average molecular weight is 252 g/mol. The van der Waals surface area contributed by atoms with E-state index in [4.69, 9.17) is 0 Å². The highest BCUT2D eigenvalue weighted by Crippen LogP contribution is 2.44. The molecule has 0 saturated carbocycles. The summed E-state index contributed by atoms with van der Waals surface area (Å²) >= 11 is 0. The normalized spacial score (nSPS) is 15.2. The Morgan fingerprint density at radius 1 is 0.812 bits per heavy atom. The van der Waals surface area contributed by atoms with Crippen LogP contribution in [0.3, 0.4) is 0 Å². The zero-order valence-corrected chi connectivity index (χ0v) is 8.80. The van der Waals surface area contributed by atoms with E-state index < -0.39 is 30.0 Å². The maximum atomic E-state index is 13.1. The molecule has 0 N–H and O–H groups in total. The first-order valence-electron chi connectivity index (χ1n) is 4.28. The molecular formula is C9H11F7. The third-order valence-corrected chi connectivity index (χ3v) is 2.21. The van der Waals surface area contributed by atoms with E-state index in [0.717, 1.165) is 6.92 Å². The van der Waals surface area contributed by atoms with Gasteiger partial charge >= 0.3 is 18.3 Å². The molecular weight excluding hydrogens is 241 g/mol. The van der Waals surface area contributed by atoms with Crippen molar-refractivity contribution in [3.8, 4) is 0 Å². The molecule has 0 fully saturated rings. The van der Waals surface area contributed by atoms with Gasteiger partial charge in [0.25, 0.3) is 0 Å². The van der Waals surface area contributed by atoms with Crippen molar-refractivity contribution in [2.75, 3.05) is 0 Å². The zero-order valence-electron chi connectivity index (χ0n) is 8.80. The van der Waals surface area contributed by atoms with Gasteiger partial charge < -0.3 is 0 Å². The van der Waals surface area contributed by atoms with Crippen LogP contribution in [0.25, 0.3) is 0 Å². The second-order valence-corrected chi connectivity index (χ2v) is 3.59. The summed E-state index contributed by atoms with van der Waals surface area (Å²) in [5.41, 5.74) is -0.637. The van der Waals surface area contributed by atoms with E-state index in [-0.39, 0.29) is 5.57 Å². The molecule has 0 amide bonds. The smallest absolute Gasteiger partial charge is 0.236 e. The van der Waals surface area contributed by atoms with Gasteiger partial charge in [0.1, 0.15) is 0 Å². The van der Waals surface area contributed by atoms with Gasteiger partial charge in [0.05, 0.1) is 0 Å². The summed E-state index contributed by atoms with van der Waals surface area (Å²) in [5.74, 6) is -11.1. The lowest BCUT2D eigenvalue weighted by Crippen LogP contribution is -2.52. The van der Waals surface area contributed by atoms with Gasteiger partial charge in [-0.3, -0.25) is 0 Å². The van der Waals surface area contributed by atoms with Gasteiger partial charge in [0.2, 0.25) is 0 Å². The molecule has 0 aromatic heterocycles. The van der Waals surface area contributed by atoms with Crippen molar-refractivity contribution >= 4 is 0 Å². The van der Waals surface area contributed by atoms with Crippen LogP contribution in [0.5, 0.6) is 0 Å². The van der Waals surface area contributed by atoms with Crippen LogP contribution in [0.2, 0.25) is 0 Å². The van der Waals surface area contributed by atoms with E-state index in [1.807, 2.05) is 0 Å². The molecule has 16 heavy (non-hydrogen) atoms. The van der Waals surface area contributed by atoms with Crippen LogP contribution in [0.4, 0.5) is 30.7 Å². The highest BCUT2D eigenvalue weighted by atomic mass is 19.3. The Morgan fingerprint density at radius 3 is 1.44 bits per heavy atom. The van der Waals surface area contributed by atoms with Crippen molar-refractivity contribution in [2.24, 2.45) is 0 Å². The van der Waals surface area contributed by atoms with E-state index in [9.17, 15) is 30.7 Å². The van der Waals surface area contributed by atoms with Crippen LogP contribution >= 0.6 is 0 Å². The quantitative estimate of drug-likeness (QED) is 0.519. The fourth-order valence-corrected chi connectivity index (χ4v) is 0.840. The second-order valence-electron chi connectivity index (χ2n) is 3.59. The highest BCUT2D eigenvalue weighted by Gasteiger charge is 2.67. The number of alkyl halides is 7. The topological polar surface area (TPSA) is 0 Å². The van der Waals surface area contributed by atoms with Gasteiger partial charge in [-0.2, -0.15) is 17.6 Å². The molecule has 0 spiro atoms. The number of allylic oxidation sites excluding steroid dienone is 2. The van der Waals surface area contributed by atoms with Gasteiger partial charge in [-0.15, -0.1) is 0 Å². The minimum atomic E-state index is -5.69. The summed E-state index contributed by atoms with van der Waals surface area (Å²) in [5, 5.41) is 0. The lowest BCUT2D eigenvalue weighted by Gasteiger charge is -2.29. The Balaban J connectivity index is 5.30. The molecule has 0 aromatic carbocycles. The minimum Gasteiger partial charge on any atom is -0.236 e. The highest BCUT2D eigenvalue weighted by molar-refractivity contribution is 5.17. The zero-order chi connectivity index (χ0) is 13.3. The molecule has 1 unspecified atom stereocenters. The van der Waals surface area contributed by atoms with E-state index >= 15 is 0 Å². The van der Waals surface area contributed by atoms with Crippen LogP contribution < -0.4 is 0 Å². The van der Waals surface area contributed by atoms with Crippen LogP contribution in [-0.2, 0) is 0 Å². The third-order valence-electron chi connectivity index (χ3n) is 2.21. The summed E-state index contributed by atoms with van der Waals surface area (Å²) < 4.78 is 87.0. The maximum Gasteiger partial charge on any atom is 0.372 e. The second kappa shape index (κ2) is 4.63. The largest absolute Gasteiger partial charge is 0.372 e. The molecule has 0 aromatic rings. The monoisotopic (exact) mass is 252 g/mol. The van der Waals surface area contributed by atoms with Crippen molar-refractivity contribution < 1.29 is 30.7 Å². The van der Waals surface area contributed by atoms with E-state index in [1.54, 1.807) is 0 Å². The summed E-state index contributed by atoms with van der Waals surface area (Å²) in [4.78, 5) is 0. The van der Waals surface area contributed by atoms with Crippen molar-refractivity contribution in [1.29, 1.82) is 0 Å². The molecule has 0 bridgehead atoms. The molecule has 0 heterocycles. The first-order chi connectivity index (χ1) is 6.96. The molecule has 1 atom stereocenters. The summed E-state index contributed by atoms with van der Waals surface area (Å²) in [6, 6.07) is 0. The standard InChI is InChI=1S/C9H11F7/c1-4(2)5(3)6(10)8(13,14)9(15,16)7(11)12/h6-7H,1-3H3. The van der Waals surface area contributed by atoms with Crippen LogP contribution in [0.1, 0.15) is 20.8 Å². The molecule has 0 rings (SSSR count). The van der Waals surface area contributed by atoms with Gasteiger partial charge in [-0.05, 0) is 26.3 Å². The lowest BCUT2D eigenvalue weighted by atomic mass is 9.98. The summed E-state index contributed by atoms with van der Waals surface area (Å²) in [6.07, 6.45) is -8.05. The molecule has 0 aliphatic rings. The Kier molecular flexibility index (Phi) is 4.41. The number of rotatable bonds is 4. The molecule has 0 nitrogen and oxygen atoms in total. The molecule has 0 aliphatic carbocycles. The predicted molar refractivity (Wildman–Crippen MR) is 44.8 cm³/mol. The molecule has 0 saturated heterocycles. The van der Waals surface area contributed by atoms with Crippen LogP contribution in [0, 0.1) is 0 Å². The Labute approximate surface area is 88.1 Å². The van der Waals surface area contributed by atoms with Crippen LogP contribution in [-0.4, -0.2) is 24.4 Å². The number of halogens is 7. The fourth-order valence-electron chi connectivity index (χ4n) is 0.840. The SMILES string of the molecule is CC(C)=C(C)C(F)C(F)(F)C(F)(F)C(F)F. The number of hydrogen-bond donors (Lipinski definition) is 0. The maximum absolute atomic E-state index is 13.1. The van der Waals surface area contributed by atoms with E-state index in [1.165, 1.54) is 13.8 Å². The van der Waals surface area contributed by atoms with Gasteiger partial charge in [0, 0.05) is 0 Å². The Hall–Kier alpha value is -0.750. The first kappa shape index (κ1) is 15.2.